The summed E-state index contributed by atoms with van der Waals surface area (Å²) in [4.78, 5) is 2.07. The highest BCUT2D eigenvalue weighted by atomic mass is 19.1. The lowest BCUT2D eigenvalue weighted by Gasteiger charge is -2.44. The number of hydrogen-bond acceptors (Lipinski definition) is 3. The zero-order valence-electron chi connectivity index (χ0n) is 16.6. The fourth-order valence-corrected chi connectivity index (χ4v) is 4.13. The standard InChI is InChI=1S/C23H29F2NO2/c1-26(2)15-19-13-22(28-16-17-6-8-20(24)9-7-17)10-11-23(19,27)14-18-4-3-5-21(25)12-18/h3-9,12,19,22,27H,10-11,13-16H2,1-2H3. The van der Waals surface area contributed by atoms with E-state index in [0.29, 0.717) is 19.4 Å². The number of halogens is 2. The number of aliphatic hydroxyl groups is 1. The van der Waals surface area contributed by atoms with Crippen molar-refractivity contribution in [1.29, 1.82) is 0 Å². The van der Waals surface area contributed by atoms with Crippen molar-refractivity contribution < 1.29 is 18.6 Å². The van der Waals surface area contributed by atoms with E-state index in [2.05, 4.69) is 4.90 Å². The molecule has 0 spiro atoms. The summed E-state index contributed by atoms with van der Waals surface area (Å²) in [6.45, 7) is 1.17. The minimum atomic E-state index is -0.881. The van der Waals surface area contributed by atoms with Gasteiger partial charge in [0.1, 0.15) is 11.6 Å². The van der Waals surface area contributed by atoms with Gasteiger partial charge in [-0.05, 0) is 68.8 Å². The van der Waals surface area contributed by atoms with Crippen molar-refractivity contribution in [2.45, 2.75) is 44.0 Å². The molecule has 1 aliphatic rings. The summed E-state index contributed by atoms with van der Waals surface area (Å²) < 4.78 is 32.7. The van der Waals surface area contributed by atoms with E-state index in [1.54, 1.807) is 18.2 Å². The molecule has 1 aliphatic carbocycles. The van der Waals surface area contributed by atoms with Crippen LogP contribution in [0.5, 0.6) is 0 Å². The van der Waals surface area contributed by atoms with Gasteiger partial charge in [0.2, 0.25) is 0 Å². The van der Waals surface area contributed by atoms with Crippen molar-refractivity contribution in [2.24, 2.45) is 5.92 Å². The van der Waals surface area contributed by atoms with E-state index in [9.17, 15) is 13.9 Å². The van der Waals surface area contributed by atoms with Crippen molar-refractivity contribution >= 4 is 0 Å². The van der Waals surface area contributed by atoms with Gasteiger partial charge in [-0.25, -0.2) is 8.78 Å². The van der Waals surface area contributed by atoms with Gasteiger partial charge in [-0.3, -0.25) is 0 Å². The van der Waals surface area contributed by atoms with E-state index in [4.69, 9.17) is 4.74 Å². The molecule has 0 radical (unpaired) electrons. The maximum absolute atomic E-state index is 13.6. The van der Waals surface area contributed by atoms with Crippen molar-refractivity contribution in [3.8, 4) is 0 Å². The number of benzene rings is 2. The highest BCUT2D eigenvalue weighted by Gasteiger charge is 2.42. The summed E-state index contributed by atoms with van der Waals surface area (Å²) in [5.41, 5.74) is 0.872. The van der Waals surface area contributed by atoms with Crippen molar-refractivity contribution in [3.05, 3.63) is 71.3 Å². The third kappa shape index (κ3) is 5.60. The topological polar surface area (TPSA) is 32.7 Å². The van der Waals surface area contributed by atoms with E-state index >= 15 is 0 Å². The van der Waals surface area contributed by atoms with Gasteiger partial charge in [-0.15, -0.1) is 0 Å². The van der Waals surface area contributed by atoms with Gasteiger partial charge in [0, 0.05) is 18.9 Å². The van der Waals surface area contributed by atoms with E-state index in [1.807, 2.05) is 20.2 Å². The minimum Gasteiger partial charge on any atom is -0.389 e. The van der Waals surface area contributed by atoms with Crippen LogP contribution in [0.25, 0.3) is 0 Å². The molecule has 1 N–H and O–H groups in total. The molecule has 2 aromatic carbocycles. The lowest BCUT2D eigenvalue weighted by molar-refractivity contribution is -0.105. The van der Waals surface area contributed by atoms with E-state index in [1.165, 1.54) is 24.3 Å². The van der Waals surface area contributed by atoms with E-state index in [0.717, 1.165) is 30.5 Å². The fourth-order valence-electron chi connectivity index (χ4n) is 4.13. The van der Waals surface area contributed by atoms with Gasteiger partial charge in [0.25, 0.3) is 0 Å². The van der Waals surface area contributed by atoms with Gasteiger partial charge in [0.15, 0.2) is 0 Å². The summed E-state index contributed by atoms with van der Waals surface area (Å²) in [6.07, 6.45) is 2.58. The Kier molecular flexibility index (Phi) is 6.81. The Balaban J connectivity index is 1.65. The van der Waals surface area contributed by atoms with Gasteiger partial charge in [-0.2, -0.15) is 0 Å². The Morgan fingerprint density at radius 3 is 2.50 bits per heavy atom. The molecule has 0 aliphatic heterocycles. The third-order valence-electron chi connectivity index (χ3n) is 5.59. The highest BCUT2D eigenvalue weighted by molar-refractivity contribution is 5.19. The minimum absolute atomic E-state index is 0.0257. The molecular weight excluding hydrogens is 360 g/mol. The average molecular weight is 389 g/mol. The Bertz CT molecular complexity index is 765. The zero-order chi connectivity index (χ0) is 20.1. The van der Waals surface area contributed by atoms with E-state index < -0.39 is 5.60 Å². The molecule has 3 unspecified atom stereocenters. The monoisotopic (exact) mass is 389 g/mol. The predicted octanol–water partition coefficient (Wildman–Crippen LogP) is 4.19. The SMILES string of the molecule is CN(C)CC1CC(OCc2ccc(F)cc2)CCC1(O)Cc1cccc(F)c1. The van der Waals surface area contributed by atoms with E-state index in [-0.39, 0.29) is 23.7 Å². The van der Waals surface area contributed by atoms with Crippen LogP contribution in [0.15, 0.2) is 48.5 Å². The van der Waals surface area contributed by atoms with Crippen LogP contribution in [0, 0.1) is 17.6 Å². The molecule has 0 bridgehead atoms. The second-order valence-electron chi connectivity index (χ2n) is 8.20. The molecule has 0 amide bonds. The third-order valence-corrected chi connectivity index (χ3v) is 5.59. The van der Waals surface area contributed by atoms with Crippen LogP contribution in [0.2, 0.25) is 0 Å². The molecule has 1 saturated carbocycles. The van der Waals surface area contributed by atoms with Crippen LogP contribution < -0.4 is 0 Å². The summed E-state index contributed by atoms with van der Waals surface area (Å²) in [7, 11) is 3.98. The molecule has 0 saturated heterocycles. The van der Waals surface area contributed by atoms with Crippen LogP contribution in [0.4, 0.5) is 8.78 Å². The first-order chi connectivity index (χ1) is 13.3. The predicted molar refractivity (Wildman–Crippen MR) is 106 cm³/mol. The number of ether oxygens (including phenoxy) is 1. The Hall–Kier alpha value is -1.82. The highest BCUT2D eigenvalue weighted by Crippen LogP contribution is 2.38. The number of nitrogens with zero attached hydrogens (tertiary/aromatic N) is 1. The lowest BCUT2D eigenvalue weighted by atomic mass is 9.71. The van der Waals surface area contributed by atoms with Gasteiger partial charge in [0.05, 0.1) is 18.3 Å². The van der Waals surface area contributed by atoms with Crippen molar-refractivity contribution in [3.63, 3.8) is 0 Å². The van der Waals surface area contributed by atoms with Crippen LogP contribution >= 0.6 is 0 Å². The zero-order valence-corrected chi connectivity index (χ0v) is 16.6. The first-order valence-corrected chi connectivity index (χ1v) is 9.82. The van der Waals surface area contributed by atoms with Crippen LogP contribution in [0.3, 0.4) is 0 Å². The molecule has 152 valence electrons. The molecule has 3 nitrogen and oxygen atoms in total. The van der Waals surface area contributed by atoms with Gasteiger partial charge in [-0.1, -0.05) is 24.3 Å². The Labute approximate surface area is 165 Å². The first kappa shape index (κ1) is 20.9. The second-order valence-corrected chi connectivity index (χ2v) is 8.20. The molecule has 28 heavy (non-hydrogen) atoms. The molecule has 0 heterocycles. The molecule has 2 aromatic rings. The second kappa shape index (κ2) is 9.12. The van der Waals surface area contributed by atoms with Gasteiger partial charge < -0.3 is 14.7 Å². The van der Waals surface area contributed by atoms with Gasteiger partial charge >= 0.3 is 0 Å². The first-order valence-electron chi connectivity index (χ1n) is 9.82. The average Bonchev–Trinajstić information content (AvgIpc) is 2.63. The number of hydrogen-bond donors (Lipinski definition) is 1. The maximum Gasteiger partial charge on any atom is 0.123 e. The maximum atomic E-state index is 13.6. The van der Waals surface area contributed by atoms with Crippen LogP contribution in [0.1, 0.15) is 30.4 Å². The smallest absolute Gasteiger partial charge is 0.123 e. The summed E-state index contributed by atoms with van der Waals surface area (Å²) in [5, 5.41) is 11.4. The molecule has 1 fully saturated rings. The lowest BCUT2D eigenvalue weighted by Crippen LogP contribution is -2.50. The summed E-state index contributed by atoms with van der Waals surface area (Å²) in [5.74, 6) is -0.505. The Morgan fingerprint density at radius 2 is 1.82 bits per heavy atom. The Morgan fingerprint density at radius 1 is 1.07 bits per heavy atom. The quantitative estimate of drug-likeness (QED) is 0.771. The summed E-state index contributed by atoms with van der Waals surface area (Å²) >= 11 is 0. The molecular formula is C23H29F2NO2. The molecule has 3 atom stereocenters. The van der Waals surface area contributed by atoms with Crippen molar-refractivity contribution in [2.75, 3.05) is 20.6 Å². The van der Waals surface area contributed by atoms with Crippen LogP contribution in [-0.4, -0.2) is 42.4 Å². The fraction of sp³-hybridized carbons (Fsp3) is 0.478. The molecule has 3 rings (SSSR count). The molecule has 5 heteroatoms. The normalized spacial score (nSPS) is 25.2. The molecule has 0 aromatic heterocycles. The number of rotatable bonds is 7. The largest absolute Gasteiger partial charge is 0.389 e. The van der Waals surface area contributed by atoms with Crippen molar-refractivity contribution in [1.82, 2.24) is 4.90 Å². The summed E-state index contributed by atoms with van der Waals surface area (Å²) in [6, 6.07) is 12.8. The van der Waals surface area contributed by atoms with Crippen LogP contribution in [-0.2, 0) is 17.8 Å².